The topological polar surface area (TPSA) is 76.6 Å². The van der Waals surface area contributed by atoms with E-state index in [1.165, 1.54) is 25.9 Å². The van der Waals surface area contributed by atoms with Gasteiger partial charge in [0.25, 0.3) is 5.56 Å². The standard InChI is InChI=1S/C21H19Cl2N3O3S/c1-12-5-4-6-15(9-12)24-18(30-11-13-7-8-14(22)10-16(13)23)17-19(27)25(2)21(29)26(3)20(17)28/h4-10,27H,11H2,1-3H3. The number of hydrogen-bond donors (Lipinski definition) is 1. The maximum atomic E-state index is 12.8. The Morgan fingerprint density at radius 1 is 1.10 bits per heavy atom. The summed E-state index contributed by atoms with van der Waals surface area (Å²) in [7, 11) is 2.75. The van der Waals surface area contributed by atoms with E-state index in [1.807, 2.05) is 25.1 Å². The first-order valence-corrected chi connectivity index (χ1v) is 10.6. The van der Waals surface area contributed by atoms with Gasteiger partial charge in [-0.1, -0.05) is 41.4 Å². The lowest BCUT2D eigenvalue weighted by atomic mass is 10.2. The van der Waals surface area contributed by atoms with Crippen LogP contribution in [-0.4, -0.2) is 19.3 Å². The Morgan fingerprint density at radius 3 is 2.50 bits per heavy atom. The molecule has 0 aliphatic rings. The maximum absolute atomic E-state index is 12.8. The molecule has 0 spiro atoms. The van der Waals surface area contributed by atoms with Gasteiger partial charge in [0.15, 0.2) is 0 Å². The van der Waals surface area contributed by atoms with Gasteiger partial charge in [0.1, 0.15) is 10.6 Å². The van der Waals surface area contributed by atoms with Gasteiger partial charge in [-0.25, -0.2) is 9.79 Å². The van der Waals surface area contributed by atoms with Gasteiger partial charge in [-0.2, -0.15) is 0 Å². The van der Waals surface area contributed by atoms with Crippen molar-refractivity contribution in [2.24, 2.45) is 19.1 Å². The maximum Gasteiger partial charge on any atom is 0.333 e. The zero-order chi connectivity index (χ0) is 22.0. The van der Waals surface area contributed by atoms with Crippen molar-refractivity contribution in [2.45, 2.75) is 12.7 Å². The molecular weight excluding hydrogens is 445 g/mol. The van der Waals surface area contributed by atoms with Crippen LogP contribution in [0.3, 0.4) is 0 Å². The summed E-state index contributed by atoms with van der Waals surface area (Å²) in [4.78, 5) is 29.6. The number of hydrogen-bond acceptors (Lipinski definition) is 5. The molecular formula is C21H19Cl2N3O3S. The zero-order valence-corrected chi connectivity index (χ0v) is 18.8. The number of aliphatic imine (C=N–C) groups is 1. The molecule has 0 atom stereocenters. The van der Waals surface area contributed by atoms with E-state index < -0.39 is 17.1 Å². The first kappa shape index (κ1) is 22.2. The lowest BCUT2D eigenvalue weighted by molar-refractivity contribution is 0.410. The van der Waals surface area contributed by atoms with Crippen molar-refractivity contribution < 1.29 is 5.11 Å². The van der Waals surface area contributed by atoms with Gasteiger partial charge < -0.3 is 5.11 Å². The lowest BCUT2D eigenvalue weighted by Crippen LogP contribution is -2.39. The van der Waals surface area contributed by atoms with Crippen LogP contribution in [0, 0.1) is 6.92 Å². The van der Waals surface area contributed by atoms with Crippen molar-refractivity contribution in [1.29, 1.82) is 0 Å². The minimum Gasteiger partial charge on any atom is -0.494 e. The summed E-state index contributed by atoms with van der Waals surface area (Å²) in [6, 6.07) is 12.6. The quantitative estimate of drug-likeness (QED) is 0.458. The molecule has 6 nitrogen and oxygen atoms in total. The van der Waals surface area contributed by atoms with Gasteiger partial charge in [-0.15, -0.1) is 11.8 Å². The Hall–Kier alpha value is -2.48. The van der Waals surface area contributed by atoms with Crippen LogP contribution in [0.15, 0.2) is 57.0 Å². The molecule has 1 aromatic heterocycles. The molecule has 1 heterocycles. The molecule has 0 unspecified atom stereocenters. The second kappa shape index (κ2) is 9.12. The summed E-state index contributed by atoms with van der Waals surface area (Å²) in [5.74, 6) is -0.0595. The number of halogens is 2. The van der Waals surface area contributed by atoms with Crippen molar-refractivity contribution in [3.05, 3.63) is 90.0 Å². The van der Waals surface area contributed by atoms with Crippen LogP contribution in [0.5, 0.6) is 5.88 Å². The molecule has 156 valence electrons. The van der Waals surface area contributed by atoms with Gasteiger partial charge in [-0.05, 0) is 42.3 Å². The second-order valence-electron chi connectivity index (χ2n) is 6.68. The number of aryl methyl sites for hydroxylation is 1. The van der Waals surface area contributed by atoms with Crippen LogP contribution in [0.25, 0.3) is 0 Å². The average Bonchev–Trinajstić information content (AvgIpc) is 2.70. The van der Waals surface area contributed by atoms with E-state index in [2.05, 4.69) is 4.99 Å². The van der Waals surface area contributed by atoms with Crippen LogP contribution < -0.4 is 11.2 Å². The number of aromatic hydroxyl groups is 1. The summed E-state index contributed by atoms with van der Waals surface area (Å²) in [5.41, 5.74) is 1.12. The summed E-state index contributed by atoms with van der Waals surface area (Å²) >= 11 is 13.5. The molecule has 0 aliphatic carbocycles. The van der Waals surface area contributed by atoms with Crippen molar-refractivity contribution in [3.8, 4) is 5.88 Å². The molecule has 0 amide bonds. The van der Waals surface area contributed by atoms with Crippen LogP contribution in [0.1, 0.15) is 16.7 Å². The Labute approximate surface area is 187 Å². The van der Waals surface area contributed by atoms with E-state index in [0.29, 0.717) is 21.5 Å². The monoisotopic (exact) mass is 463 g/mol. The predicted molar refractivity (Wildman–Crippen MR) is 124 cm³/mol. The summed E-state index contributed by atoms with van der Waals surface area (Å²) in [6.07, 6.45) is 0. The van der Waals surface area contributed by atoms with Gasteiger partial charge in [0.2, 0.25) is 5.88 Å². The number of nitrogens with zero attached hydrogens (tertiary/aromatic N) is 3. The van der Waals surface area contributed by atoms with Crippen LogP contribution >= 0.6 is 35.0 Å². The highest BCUT2D eigenvalue weighted by Gasteiger charge is 2.21. The molecule has 0 bridgehead atoms. The van der Waals surface area contributed by atoms with Gasteiger partial charge >= 0.3 is 5.69 Å². The fraction of sp³-hybridized carbons (Fsp3) is 0.190. The molecule has 0 aliphatic heterocycles. The molecule has 30 heavy (non-hydrogen) atoms. The largest absolute Gasteiger partial charge is 0.494 e. The minimum absolute atomic E-state index is 0.0452. The second-order valence-corrected chi connectivity index (χ2v) is 8.49. The molecule has 0 radical (unpaired) electrons. The Bertz CT molecular complexity index is 1270. The minimum atomic E-state index is -0.628. The van der Waals surface area contributed by atoms with E-state index in [0.717, 1.165) is 20.3 Å². The Balaban J connectivity index is 2.14. The molecule has 1 N–H and O–H groups in total. The molecule has 3 rings (SSSR count). The summed E-state index contributed by atoms with van der Waals surface area (Å²) in [5, 5.41) is 11.9. The Kier molecular flexibility index (Phi) is 6.75. The third-order valence-corrected chi connectivity index (χ3v) is 6.07. The molecule has 0 saturated heterocycles. The van der Waals surface area contributed by atoms with E-state index in [9.17, 15) is 14.7 Å². The van der Waals surface area contributed by atoms with Crippen molar-refractivity contribution in [3.63, 3.8) is 0 Å². The van der Waals surface area contributed by atoms with E-state index in [4.69, 9.17) is 23.2 Å². The molecule has 0 saturated carbocycles. The fourth-order valence-electron chi connectivity index (χ4n) is 2.78. The number of aromatic nitrogens is 2. The molecule has 2 aromatic carbocycles. The van der Waals surface area contributed by atoms with E-state index in [1.54, 1.807) is 24.3 Å². The first-order chi connectivity index (χ1) is 14.2. The predicted octanol–water partition coefficient (Wildman–Crippen LogP) is 4.42. The number of rotatable bonds is 4. The van der Waals surface area contributed by atoms with E-state index >= 15 is 0 Å². The summed E-state index contributed by atoms with van der Waals surface area (Å²) < 4.78 is 1.95. The van der Waals surface area contributed by atoms with Crippen molar-refractivity contribution >= 4 is 45.7 Å². The van der Waals surface area contributed by atoms with Crippen molar-refractivity contribution in [2.75, 3.05) is 0 Å². The number of benzene rings is 2. The SMILES string of the molecule is Cc1cccc(N=C(SCc2ccc(Cl)cc2Cl)c2c(O)n(C)c(=O)n(C)c2=O)c1. The zero-order valence-electron chi connectivity index (χ0n) is 16.5. The third-order valence-electron chi connectivity index (χ3n) is 4.46. The molecule has 0 fully saturated rings. The normalized spacial score (nSPS) is 11.7. The first-order valence-electron chi connectivity index (χ1n) is 8.90. The van der Waals surface area contributed by atoms with E-state index in [-0.39, 0.29) is 10.6 Å². The van der Waals surface area contributed by atoms with Crippen LogP contribution in [-0.2, 0) is 19.8 Å². The third kappa shape index (κ3) is 4.64. The van der Waals surface area contributed by atoms with Crippen LogP contribution in [0.4, 0.5) is 5.69 Å². The van der Waals surface area contributed by atoms with Gasteiger partial charge in [0.05, 0.1) is 5.69 Å². The number of thioether (sulfide) groups is 1. The highest BCUT2D eigenvalue weighted by atomic mass is 35.5. The lowest BCUT2D eigenvalue weighted by Gasteiger charge is -2.13. The molecule has 9 heteroatoms. The molecule has 3 aromatic rings. The highest BCUT2D eigenvalue weighted by Crippen LogP contribution is 2.29. The van der Waals surface area contributed by atoms with Crippen LogP contribution in [0.2, 0.25) is 10.0 Å². The highest BCUT2D eigenvalue weighted by molar-refractivity contribution is 8.13. The van der Waals surface area contributed by atoms with Gasteiger partial charge in [0, 0.05) is 29.9 Å². The van der Waals surface area contributed by atoms with Gasteiger partial charge in [-0.3, -0.25) is 13.9 Å². The summed E-state index contributed by atoms with van der Waals surface area (Å²) in [6.45, 7) is 1.93. The average molecular weight is 464 g/mol. The smallest absolute Gasteiger partial charge is 0.333 e. The Morgan fingerprint density at radius 2 is 1.83 bits per heavy atom. The van der Waals surface area contributed by atoms with Crippen molar-refractivity contribution in [1.82, 2.24) is 9.13 Å². The fourth-order valence-corrected chi connectivity index (χ4v) is 4.37.